The van der Waals surface area contributed by atoms with Crippen LogP contribution in [0.5, 0.6) is 11.5 Å². The fraction of sp³-hybridized carbons (Fsp3) is 0.192. The first kappa shape index (κ1) is 46.6. The smallest absolute Gasteiger partial charge is 0.137 e. The lowest BCUT2D eigenvalue weighted by Gasteiger charge is -2.28. The molecule has 0 N–H and O–H groups in total. The summed E-state index contributed by atoms with van der Waals surface area (Å²) in [5.41, 5.74) is 18.3. The monoisotopic (exact) mass is 1020 g/mol. The topological polar surface area (TPSA) is 33.5 Å². The Morgan fingerprint density at radius 1 is 0.423 bits per heavy atom. The van der Waals surface area contributed by atoms with Crippen LogP contribution in [0.1, 0.15) is 88.7 Å². The van der Waals surface area contributed by atoms with E-state index in [0.29, 0.717) is 29.5 Å². The van der Waals surface area contributed by atoms with E-state index in [2.05, 4.69) is 259 Å². The van der Waals surface area contributed by atoms with Crippen LogP contribution in [-0.4, -0.2) is 16.2 Å². The number of anilines is 4. The molecule has 0 bridgehead atoms. The van der Waals surface area contributed by atoms with Crippen LogP contribution < -0.4 is 14.5 Å². The Kier molecular flexibility index (Phi) is 11.6. The summed E-state index contributed by atoms with van der Waals surface area (Å²) in [4.78, 5) is 9.91. The molecule has 0 saturated carbocycles. The summed E-state index contributed by atoms with van der Waals surface area (Å²) in [7, 11) is 0. The van der Waals surface area contributed by atoms with Gasteiger partial charge in [0, 0.05) is 55.6 Å². The maximum atomic E-state index is 8.80. The van der Waals surface area contributed by atoms with E-state index < -0.39 is 6.85 Å². The zero-order valence-corrected chi connectivity index (χ0v) is 46.2. The fourth-order valence-electron chi connectivity index (χ4n) is 11.1. The van der Waals surface area contributed by atoms with Crippen molar-refractivity contribution in [3.05, 3.63) is 241 Å². The second-order valence-corrected chi connectivity index (χ2v) is 24.0. The molecule has 0 aliphatic carbocycles. The lowest BCUT2D eigenvalue weighted by Crippen LogP contribution is -2.25. The third-order valence-electron chi connectivity index (χ3n) is 15.5. The Balaban J connectivity index is 0.934. The SMILES string of the molecule is [2H]C([2H])([2H])c1cc(-n2c3ccc(C(C)(C)C)cc3c3ccc(Oc4cccc(N5CN(c6c(-c7ccc(C(C)(C)C)cc7)cccc6-c6cccc(-c7ccccc7)c6)c6ccccc65)c4)cc32)ncc1-c1ccc(C(C)(C)C)cc1. The Labute approximate surface area is 465 Å². The summed E-state index contributed by atoms with van der Waals surface area (Å²) in [5, 5.41) is 2.07. The van der Waals surface area contributed by atoms with Crippen molar-refractivity contribution in [3.63, 3.8) is 0 Å². The van der Waals surface area contributed by atoms with E-state index >= 15 is 0 Å². The summed E-state index contributed by atoms with van der Waals surface area (Å²) in [6.07, 6.45) is 1.72. The first-order chi connectivity index (χ1) is 38.7. The van der Waals surface area contributed by atoms with Crippen LogP contribution in [0.4, 0.5) is 22.7 Å². The molecular formula is C73H68N4O. The van der Waals surface area contributed by atoms with Crippen LogP contribution in [0.2, 0.25) is 0 Å². The summed E-state index contributed by atoms with van der Waals surface area (Å²) < 4.78 is 35.4. The third kappa shape index (κ3) is 9.42. The van der Waals surface area contributed by atoms with Gasteiger partial charge in [-0.3, -0.25) is 4.57 Å². The van der Waals surface area contributed by atoms with Crippen LogP contribution in [0.3, 0.4) is 0 Å². The second kappa shape index (κ2) is 19.4. The molecule has 5 heteroatoms. The maximum absolute atomic E-state index is 8.80. The minimum Gasteiger partial charge on any atom is -0.457 e. The molecule has 1 aliphatic rings. The van der Waals surface area contributed by atoms with Gasteiger partial charge in [0.15, 0.2) is 0 Å². The van der Waals surface area contributed by atoms with Gasteiger partial charge in [-0.2, -0.15) is 0 Å². The van der Waals surface area contributed by atoms with Crippen molar-refractivity contribution in [1.82, 2.24) is 9.55 Å². The van der Waals surface area contributed by atoms with Gasteiger partial charge in [-0.15, -0.1) is 0 Å². The van der Waals surface area contributed by atoms with Crippen LogP contribution in [0.25, 0.3) is 72.1 Å². The van der Waals surface area contributed by atoms with Gasteiger partial charge in [0.1, 0.15) is 24.0 Å². The molecule has 2 aromatic heterocycles. The molecule has 386 valence electrons. The van der Waals surface area contributed by atoms with Crippen molar-refractivity contribution >= 4 is 44.6 Å². The maximum Gasteiger partial charge on any atom is 0.137 e. The molecule has 0 unspecified atom stereocenters. The minimum atomic E-state index is -2.40. The summed E-state index contributed by atoms with van der Waals surface area (Å²) in [6.45, 7) is 18.1. The highest BCUT2D eigenvalue weighted by Gasteiger charge is 2.32. The molecule has 12 rings (SSSR count). The molecule has 0 spiro atoms. The molecule has 0 fully saturated rings. The van der Waals surface area contributed by atoms with Crippen molar-refractivity contribution in [2.24, 2.45) is 0 Å². The summed E-state index contributed by atoms with van der Waals surface area (Å²) in [6, 6.07) is 75.0. The van der Waals surface area contributed by atoms with Gasteiger partial charge < -0.3 is 14.5 Å². The highest BCUT2D eigenvalue weighted by Crippen LogP contribution is 2.51. The number of pyridine rings is 1. The molecule has 0 radical (unpaired) electrons. The normalized spacial score (nSPS) is 13.6. The van der Waals surface area contributed by atoms with Gasteiger partial charge >= 0.3 is 0 Å². The molecule has 0 atom stereocenters. The number of hydrogen-bond acceptors (Lipinski definition) is 4. The first-order valence-corrected chi connectivity index (χ1v) is 27.2. The Hall–Kier alpha value is -8.67. The highest BCUT2D eigenvalue weighted by molar-refractivity contribution is 6.10. The van der Waals surface area contributed by atoms with Crippen LogP contribution in [0, 0.1) is 6.85 Å². The standard InChI is InChI=1S/C73H68N4O/c1-48-41-69(74-46-64(48)51-31-35-55(36-32-51)72(5,6)7)77-65-40-37-56(73(8,9)10)43-63(65)62-39-38-59(45-68(62)77)78-58-24-17-23-57(44-58)75-47-76(67-28-15-14-27-66(67)75)70-60(50-29-33-54(34-30-50)71(2,3)4)25-18-26-61(70)53-22-16-21-52(42-53)49-19-12-11-13-20-49/h11-46H,47H2,1-10H3/i1D3. The zero-order valence-electron chi connectivity index (χ0n) is 49.2. The fourth-order valence-corrected chi connectivity index (χ4v) is 11.1. The molecule has 1 aliphatic heterocycles. The van der Waals surface area contributed by atoms with Gasteiger partial charge in [-0.1, -0.05) is 202 Å². The number of para-hydroxylation sites is 3. The molecule has 11 aromatic rings. The molecular weight excluding hydrogens is 949 g/mol. The van der Waals surface area contributed by atoms with E-state index in [0.717, 1.165) is 72.4 Å². The number of fused-ring (bicyclic) bond motifs is 4. The van der Waals surface area contributed by atoms with Crippen LogP contribution >= 0.6 is 0 Å². The predicted molar refractivity (Wildman–Crippen MR) is 330 cm³/mol. The van der Waals surface area contributed by atoms with Crippen molar-refractivity contribution < 1.29 is 8.85 Å². The molecule has 0 amide bonds. The molecule has 9 aromatic carbocycles. The lowest BCUT2D eigenvalue weighted by atomic mass is 9.85. The Bertz CT molecular complexity index is 4160. The number of benzene rings is 9. The lowest BCUT2D eigenvalue weighted by molar-refractivity contribution is 0.483. The third-order valence-corrected chi connectivity index (χ3v) is 15.5. The molecule has 5 nitrogen and oxygen atoms in total. The number of aryl methyl sites for hydroxylation is 1. The summed E-state index contributed by atoms with van der Waals surface area (Å²) in [5.74, 6) is 1.85. The van der Waals surface area contributed by atoms with Gasteiger partial charge in [-0.25, -0.2) is 4.98 Å². The van der Waals surface area contributed by atoms with Gasteiger partial charge in [-0.05, 0) is 134 Å². The largest absolute Gasteiger partial charge is 0.457 e. The number of hydrogen-bond donors (Lipinski definition) is 0. The van der Waals surface area contributed by atoms with Crippen molar-refractivity contribution in [2.45, 2.75) is 85.4 Å². The molecule has 3 heterocycles. The number of nitrogens with zero attached hydrogens (tertiary/aromatic N) is 4. The average Bonchev–Trinajstić information content (AvgIpc) is 3.83. The highest BCUT2D eigenvalue weighted by atomic mass is 16.5. The minimum absolute atomic E-state index is 0.0231. The second-order valence-electron chi connectivity index (χ2n) is 24.0. The van der Waals surface area contributed by atoms with Crippen molar-refractivity contribution in [1.29, 1.82) is 0 Å². The van der Waals surface area contributed by atoms with Crippen LogP contribution in [0.15, 0.2) is 219 Å². The van der Waals surface area contributed by atoms with Crippen LogP contribution in [-0.2, 0) is 16.2 Å². The number of rotatable bonds is 9. The number of aromatic nitrogens is 2. The van der Waals surface area contributed by atoms with E-state index in [1.165, 1.54) is 27.8 Å². The van der Waals surface area contributed by atoms with Crippen molar-refractivity contribution in [3.8, 4) is 61.8 Å². The van der Waals surface area contributed by atoms with E-state index in [9.17, 15) is 0 Å². The summed E-state index contributed by atoms with van der Waals surface area (Å²) >= 11 is 0. The predicted octanol–water partition coefficient (Wildman–Crippen LogP) is 20.1. The van der Waals surface area contributed by atoms with E-state index in [4.69, 9.17) is 13.8 Å². The molecule has 0 saturated heterocycles. The Morgan fingerprint density at radius 2 is 1.00 bits per heavy atom. The van der Waals surface area contributed by atoms with Gasteiger partial charge in [0.2, 0.25) is 0 Å². The van der Waals surface area contributed by atoms with Crippen molar-refractivity contribution in [2.75, 3.05) is 16.5 Å². The Morgan fingerprint density at radius 3 is 1.68 bits per heavy atom. The van der Waals surface area contributed by atoms with E-state index in [1.54, 1.807) is 12.3 Å². The zero-order chi connectivity index (χ0) is 56.6. The van der Waals surface area contributed by atoms with Gasteiger partial charge in [0.25, 0.3) is 0 Å². The molecule has 78 heavy (non-hydrogen) atoms. The van der Waals surface area contributed by atoms with E-state index in [-0.39, 0.29) is 21.8 Å². The average molecular weight is 1020 g/mol. The first-order valence-electron chi connectivity index (χ1n) is 28.7. The van der Waals surface area contributed by atoms with Gasteiger partial charge in [0.05, 0.1) is 28.1 Å². The number of ether oxygens (including phenoxy) is 1. The van der Waals surface area contributed by atoms with E-state index in [1.807, 2.05) is 24.3 Å². The quantitative estimate of drug-likeness (QED) is 0.144.